The van der Waals surface area contributed by atoms with Crippen LogP contribution in [0, 0.1) is 6.92 Å². The van der Waals surface area contributed by atoms with E-state index in [0.29, 0.717) is 17.7 Å². The molecule has 2 aromatic rings. The maximum absolute atomic E-state index is 12.5. The summed E-state index contributed by atoms with van der Waals surface area (Å²) in [7, 11) is -3.69. The van der Waals surface area contributed by atoms with Gasteiger partial charge < -0.3 is 10.4 Å². The summed E-state index contributed by atoms with van der Waals surface area (Å²) in [6, 6.07) is 13.8. The van der Waals surface area contributed by atoms with Crippen LogP contribution in [0.5, 0.6) is 0 Å². The lowest BCUT2D eigenvalue weighted by atomic mass is 10.1. The van der Waals surface area contributed by atoms with Crippen LogP contribution in [0.3, 0.4) is 0 Å². The Kier molecular flexibility index (Phi) is 6.90. The number of amides is 1. The quantitative estimate of drug-likeness (QED) is 0.660. The number of rotatable bonds is 8. The van der Waals surface area contributed by atoms with Gasteiger partial charge in [0.25, 0.3) is 0 Å². The molecule has 0 aliphatic rings. The Bertz CT molecular complexity index is 851. The van der Waals surface area contributed by atoms with Crippen LogP contribution in [0.1, 0.15) is 37.0 Å². The molecule has 140 valence electrons. The van der Waals surface area contributed by atoms with Gasteiger partial charge in [-0.3, -0.25) is 4.79 Å². The summed E-state index contributed by atoms with van der Waals surface area (Å²) in [5.74, 6) is -0.131. The lowest BCUT2D eigenvalue weighted by Gasteiger charge is -2.13. The van der Waals surface area contributed by atoms with E-state index in [1.54, 1.807) is 38.1 Å². The summed E-state index contributed by atoms with van der Waals surface area (Å²) in [5.41, 5.74) is 1.85. The maximum atomic E-state index is 12.5. The van der Waals surface area contributed by atoms with E-state index >= 15 is 0 Å². The standard InChI is InChI=1S/C19H24N2O4S/c1-3-19(23)21-16-9-10-18(14(2)13-16)26(24,25)20-12-11-17(22)15-7-5-4-6-8-15/h4-10,13,17,20,22H,3,11-12H2,1-2H3,(H,21,23)/t17-/m0/s1. The zero-order valence-corrected chi connectivity index (χ0v) is 15.7. The highest BCUT2D eigenvalue weighted by molar-refractivity contribution is 7.89. The topological polar surface area (TPSA) is 95.5 Å². The zero-order valence-electron chi connectivity index (χ0n) is 14.9. The van der Waals surface area contributed by atoms with Crippen molar-refractivity contribution in [3.63, 3.8) is 0 Å². The third-order valence-corrected chi connectivity index (χ3v) is 5.58. The number of anilines is 1. The van der Waals surface area contributed by atoms with Gasteiger partial charge in [0.1, 0.15) is 0 Å². The van der Waals surface area contributed by atoms with Crippen molar-refractivity contribution in [3.8, 4) is 0 Å². The van der Waals surface area contributed by atoms with E-state index in [9.17, 15) is 18.3 Å². The van der Waals surface area contributed by atoms with Crippen LogP contribution in [-0.4, -0.2) is 26.0 Å². The molecule has 0 radical (unpaired) electrons. The van der Waals surface area contributed by atoms with E-state index in [2.05, 4.69) is 10.0 Å². The monoisotopic (exact) mass is 376 g/mol. The van der Waals surface area contributed by atoms with Gasteiger partial charge in [0, 0.05) is 18.7 Å². The normalized spacial score (nSPS) is 12.6. The fourth-order valence-electron chi connectivity index (χ4n) is 2.53. The molecular formula is C19H24N2O4S. The molecule has 0 aliphatic heterocycles. The predicted molar refractivity (Wildman–Crippen MR) is 101 cm³/mol. The van der Waals surface area contributed by atoms with Crippen molar-refractivity contribution in [3.05, 3.63) is 59.7 Å². The van der Waals surface area contributed by atoms with Crippen molar-refractivity contribution < 1.29 is 18.3 Å². The van der Waals surface area contributed by atoms with Gasteiger partial charge in [0.05, 0.1) is 11.0 Å². The molecule has 1 atom stereocenters. The second-order valence-corrected chi connectivity index (χ2v) is 7.73. The van der Waals surface area contributed by atoms with Gasteiger partial charge in [-0.25, -0.2) is 13.1 Å². The van der Waals surface area contributed by atoms with E-state index in [4.69, 9.17) is 0 Å². The van der Waals surface area contributed by atoms with Gasteiger partial charge >= 0.3 is 0 Å². The van der Waals surface area contributed by atoms with Gasteiger partial charge in [-0.05, 0) is 42.7 Å². The molecular weight excluding hydrogens is 352 g/mol. The van der Waals surface area contributed by atoms with Gasteiger partial charge in [-0.2, -0.15) is 0 Å². The van der Waals surface area contributed by atoms with E-state index in [-0.39, 0.29) is 23.8 Å². The summed E-state index contributed by atoms with van der Waals surface area (Å²) in [5, 5.41) is 12.8. The van der Waals surface area contributed by atoms with Crippen LogP contribution < -0.4 is 10.0 Å². The average molecular weight is 376 g/mol. The molecule has 7 heteroatoms. The molecule has 0 saturated heterocycles. The van der Waals surface area contributed by atoms with Crippen LogP contribution in [0.2, 0.25) is 0 Å². The Hall–Kier alpha value is -2.22. The lowest BCUT2D eigenvalue weighted by molar-refractivity contribution is -0.115. The fraction of sp³-hybridized carbons (Fsp3) is 0.316. The van der Waals surface area contributed by atoms with Crippen molar-refractivity contribution in [1.82, 2.24) is 4.72 Å². The minimum atomic E-state index is -3.69. The van der Waals surface area contributed by atoms with E-state index < -0.39 is 16.1 Å². The molecule has 0 aliphatic carbocycles. The number of carbonyl (C=O) groups excluding carboxylic acids is 1. The Balaban J connectivity index is 2.00. The second-order valence-electron chi connectivity index (χ2n) is 5.99. The molecule has 0 bridgehead atoms. The third-order valence-electron chi connectivity index (χ3n) is 3.96. The van der Waals surface area contributed by atoms with Crippen LogP contribution in [0.15, 0.2) is 53.4 Å². The number of aryl methyl sites for hydroxylation is 1. The number of hydrogen-bond donors (Lipinski definition) is 3. The third kappa shape index (κ3) is 5.39. The summed E-state index contributed by atoms with van der Waals surface area (Å²) in [6.07, 6.45) is -0.108. The van der Waals surface area contributed by atoms with Gasteiger partial charge in [-0.1, -0.05) is 37.3 Å². The first-order valence-corrected chi connectivity index (χ1v) is 9.95. The van der Waals surface area contributed by atoms with Gasteiger partial charge in [0.15, 0.2) is 0 Å². The molecule has 6 nitrogen and oxygen atoms in total. The average Bonchev–Trinajstić information content (AvgIpc) is 2.62. The molecule has 3 N–H and O–H groups in total. The Morgan fingerprint density at radius 3 is 2.46 bits per heavy atom. The summed E-state index contributed by atoms with van der Waals surface area (Å²) in [4.78, 5) is 11.6. The van der Waals surface area contributed by atoms with Crippen LogP contribution in [0.25, 0.3) is 0 Å². The number of carbonyl (C=O) groups is 1. The highest BCUT2D eigenvalue weighted by atomic mass is 32.2. The first-order valence-electron chi connectivity index (χ1n) is 8.46. The Morgan fingerprint density at radius 1 is 1.15 bits per heavy atom. The Labute approximate surface area is 154 Å². The highest BCUT2D eigenvalue weighted by Crippen LogP contribution is 2.20. The van der Waals surface area contributed by atoms with E-state index in [1.165, 1.54) is 6.07 Å². The number of nitrogens with one attached hydrogen (secondary N) is 2. The second kappa shape index (κ2) is 8.93. The molecule has 0 unspecified atom stereocenters. The van der Waals surface area contributed by atoms with Crippen molar-refractivity contribution in [1.29, 1.82) is 0 Å². The first-order chi connectivity index (χ1) is 12.3. The molecule has 0 saturated carbocycles. The summed E-state index contributed by atoms with van der Waals surface area (Å²) < 4.78 is 27.5. The molecule has 1 amide bonds. The molecule has 2 aromatic carbocycles. The minimum absolute atomic E-state index is 0.117. The smallest absolute Gasteiger partial charge is 0.240 e. The fourth-order valence-corrected chi connectivity index (χ4v) is 3.80. The number of aliphatic hydroxyl groups is 1. The molecule has 0 aromatic heterocycles. The molecule has 0 heterocycles. The lowest BCUT2D eigenvalue weighted by Crippen LogP contribution is -2.26. The van der Waals surface area contributed by atoms with Gasteiger partial charge in [0.2, 0.25) is 15.9 Å². The molecule has 2 rings (SSSR count). The van der Waals surface area contributed by atoms with Crippen molar-refractivity contribution in [2.45, 2.75) is 37.7 Å². The van der Waals surface area contributed by atoms with Crippen molar-refractivity contribution >= 4 is 21.6 Å². The predicted octanol–water partition coefficient (Wildman–Crippen LogP) is 2.75. The zero-order chi connectivity index (χ0) is 19.2. The van der Waals surface area contributed by atoms with Crippen molar-refractivity contribution in [2.24, 2.45) is 0 Å². The minimum Gasteiger partial charge on any atom is -0.388 e. The van der Waals surface area contributed by atoms with Crippen LogP contribution >= 0.6 is 0 Å². The molecule has 0 fully saturated rings. The first kappa shape index (κ1) is 20.1. The molecule has 0 spiro atoms. The highest BCUT2D eigenvalue weighted by Gasteiger charge is 2.18. The van der Waals surface area contributed by atoms with Crippen LogP contribution in [0.4, 0.5) is 5.69 Å². The summed E-state index contributed by atoms with van der Waals surface area (Å²) in [6.45, 7) is 3.54. The number of hydrogen-bond acceptors (Lipinski definition) is 4. The van der Waals surface area contributed by atoms with E-state index in [1.807, 2.05) is 18.2 Å². The van der Waals surface area contributed by atoms with Crippen molar-refractivity contribution in [2.75, 3.05) is 11.9 Å². The van der Waals surface area contributed by atoms with Gasteiger partial charge in [-0.15, -0.1) is 0 Å². The number of sulfonamides is 1. The number of aliphatic hydroxyl groups excluding tert-OH is 1. The SMILES string of the molecule is CCC(=O)Nc1ccc(S(=O)(=O)NCC[C@H](O)c2ccccc2)c(C)c1. The largest absolute Gasteiger partial charge is 0.388 e. The maximum Gasteiger partial charge on any atom is 0.240 e. The Morgan fingerprint density at radius 2 is 1.85 bits per heavy atom. The van der Waals surface area contributed by atoms with Crippen LogP contribution in [-0.2, 0) is 14.8 Å². The number of benzene rings is 2. The van der Waals surface area contributed by atoms with E-state index in [0.717, 1.165) is 5.56 Å². The molecule has 26 heavy (non-hydrogen) atoms. The summed E-state index contributed by atoms with van der Waals surface area (Å²) >= 11 is 0.